The summed E-state index contributed by atoms with van der Waals surface area (Å²) < 4.78 is 13.7. The van der Waals surface area contributed by atoms with Gasteiger partial charge < -0.3 is 5.32 Å². The van der Waals surface area contributed by atoms with E-state index in [4.69, 9.17) is 0 Å². The highest BCUT2D eigenvalue weighted by atomic mass is 19.1. The zero-order valence-electron chi connectivity index (χ0n) is 8.67. The van der Waals surface area contributed by atoms with Crippen molar-refractivity contribution < 1.29 is 4.39 Å². The monoisotopic (exact) mass is 199 g/mol. The van der Waals surface area contributed by atoms with Crippen LogP contribution in [0.2, 0.25) is 0 Å². The highest BCUT2D eigenvalue weighted by Crippen LogP contribution is 1.98. The molecule has 0 bridgehead atoms. The molecular formula is C10H18FN3. The Kier molecular flexibility index (Phi) is 5.22. The molecule has 1 aromatic rings. The maximum absolute atomic E-state index is 11.9. The van der Waals surface area contributed by atoms with Crippen LogP contribution < -0.4 is 5.32 Å². The van der Waals surface area contributed by atoms with Crippen molar-refractivity contribution in [2.75, 3.05) is 13.2 Å². The normalized spacial score (nSPS) is 10.7. The van der Waals surface area contributed by atoms with Crippen LogP contribution in [0.5, 0.6) is 0 Å². The Hall–Kier alpha value is -0.900. The van der Waals surface area contributed by atoms with Crippen LogP contribution in [0.4, 0.5) is 4.39 Å². The van der Waals surface area contributed by atoms with Crippen molar-refractivity contribution in [3.05, 3.63) is 18.0 Å². The summed E-state index contributed by atoms with van der Waals surface area (Å²) >= 11 is 0. The molecule has 0 spiro atoms. The number of aromatic nitrogens is 2. The number of hydrogen-bond acceptors (Lipinski definition) is 2. The van der Waals surface area contributed by atoms with Crippen molar-refractivity contribution in [2.24, 2.45) is 0 Å². The van der Waals surface area contributed by atoms with Crippen molar-refractivity contribution in [3.63, 3.8) is 0 Å². The molecule has 0 aliphatic rings. The predicted octanol–water partition coefficient (Wildman–Crippen LogP) is 1.74. The molecule has 1 aromatic heterocycles. The molecular weight excluding hydrogens is 181 g/mol. The fourth-order valence-corrected chi connectivity index (χ4v) is 1.25. The van der Waals surface area contributed by atoms with E-state index in [2.05, 4.69) is 17.3 Å². The quantitative estimate of drug-likeness (QED) is 0.678. The number of aryl methyl sites for hydroxylation is 1. The lowest BCUT2D eigenvalue weighted by Crippen LogP contribution is -2.13. The van der Waals surface area contributed by atoms with Gasteiger partial charge in [0, 0.05) is 24.8 Å². The first-order valence-corrected chi connectivity index (χ1v) is 5.15. The molecule has 0 saturated carbocycles. The van der Waals surface area contributed by atoms with Crippen LogP contribution in [0, 0.1) is 0 Å². The van der Waals surface area contributed by atoms with Crippen LogP contribution in [0.1, 0.15) is 25.3 Å². The number of nitrogens with zero attached hydrogens (tertiary/aromatic N) is 2. The molecule has 0 atom stereocenters. The largest absolute Gasteiger partial charge is 0.313 e. The predicted molar refractivity (Wildman–Crippen MR) is 54.8 cm³/mol. The van der Waals surface area contributed by atoms with Gasteiger partial charge in [0.2, 0.25) is 0 Å². The maximum Gasteiger partial charge on any atom is 0.0912 e. The molecule has 4 heteroatoms. The number of rotatable bonds is 7. The van der Waals surface area contributed by atoms with Crippen molar-refractivity contribution in [3.8, 4) is 0 Å². The third kappa shape index (κ3) is 3.87. The van der Waals surface area contributed by atoms with Crippen LogP contribution in [-0.4, -0.2) is 23.0 Å². The first-order chi connectivity index (χ1) is 6.86. The SMILES string of the molecule is CCCNCc1cnn(CCCF)c1. The van der Waals surface area contributed by atoms with E-state index in [1.165, 1.54) is 0 Å². The molecule has 0 fully saturated rings. The minimum atomic E-state index is -0.275. The molecule has 0 aliphatic carbocycles. The molecule has 0 amide bonds. The van der Waals surface area contributed by atoms with Gasteiger partial charge in [-0.1, -0.05) is 6.92 Å². The summed E-state index contributed by atoms with van der Waals surface area (Å²) in [6.07, 6.45) is 5.48. The summed E-state index contributed by atoms with van der Waals surface area (Å²) in [5, 5.41) is 7.44. The maximum atomic E-state index is 11.9. The average Bonchev–Trinajstić information content (AvgIpc) is 2.63. The lowest BCUT2D eigenvalue weighted by Gasteiger charge is -1.99. The van der Waals surface area contributed by atoms with Crippen LogP contribution in [-0.2, 0) is 13.1 Å². The average molecular weight is 199 g/mol. The van der Waals surface area contributed by atoms with E-state index in [0.29, 0.717) is 13.0 Å². The molecule has 3 nitrogen and oxygen atoms in total. The lowest BCUT2D eigenvalue weighted by molar-refractivity contribution is 0.434. The minimum Gasteiger partial charge on any atom is -0.313 e. The number of hydrogen-bond donors (Lipinski definition) is 1. The van der Waals surface area contributed by atoms with Gasteiger partial charge >= 0.3 is 0 Å². The molecule has 0 aliphatic heterocycles. The molecule has 1 heterocycles. The molecule has 1 N–H and O–H groups in total. The summed E-state index contributed by atoms with van der Waals surface area (Å²) in [5.41, 5.74) is 1.16. The Labute approximate surface area is 84.3 Å². The van der Waals surface area contributed by atoms with E-state index in [1.54, 1.807) is 4.68 Å². The Bertz CT molecular complexity index is 247. The van der Waals surface area contributed by atoms with Crippen LogP contribution >= 0.6 is 0 Å². The van der Waals surface area contributed by atoms with Gasteiger partial charge in [-0.25, -0.2) is 0 Å². The van der Waals surface area contributed by atoms with Gasteiger partial charge in [0.05, 0.1) is 12.9 Å². The Morgan fingerprint density at radius 2 is 2.43 bits per heavy atom. The van der Waals surface area contributed by atoms with E-state index in [-0.39, 0.29) is 6.67 Å². The van der Waals surface area contributed by atoms with E-state index in [0.717, 1.165) is 25.1 Å². The highest BCUT2D eigenvalue weighted by Gasteiger charge is 1.97. The molecule has 0 unspecified atom stereocenters. The topological polar surface area (TPSA) is 29.9 Å². The second kappa shape index (κ2) is 6.54. The summed E-state index contributed by atoms with van der Waals surface area (Å²) in [6.45, 7) is 4.41. The summed E-state index contributed by atoms with van der Waals surface area (Å²) in [6, 6.07) is 0. The summed E-state index contributed by atoms with van der Waals surface area (Å²) in [5.74, 6) is 0. The Morgan fingerprint density at radius 1 is 1.57 bits per heavy atom. The van der Waals surface area contributed by atoms with Gasteiger partial charge in [0.15, 0.2) is 0 Å². The first kappa shape index (κ1) is 11.2. The summed E-state index contributed by atoms with van der Waals surface area (Å²) in [7, 11) is 0. The van der Waals surface area contributed by atoms with Crippen molar-refractivity contribution in [1.82, 2.24) is 15.1 Å². The molecule has 80 valence electrons. The zero-order valence-corrected chi connectivity index (χ0v) is 8.67. The standard InChI is InChI=1S/C10H18FN3/c1-2-5-12-7-10-8-13-14(9-10)6-3-4-11/h8-9,12H,2-7H2,1H3. The zero-order chi connectivity index (χ0) is 10.2. The third-order valence-electron chi connectivity index (χ3n) is 1.96. The molecule has 1 rings (SSSR count). The second-order valence-corrected chi connectivity index (χ2v) is 3.33. The highest BCUT2D eigenvalue weighted by molar-refractivity contribution is 5.03. The number of halogens is 1. The van der Waals surface area contributed by atoms with Crippen LogP contribution in [0.25, 0.3) is 0 Å². The molecule has 0 saturated heterocycles. The minimum absolute atomic E-state index is 0.275. The number of alkyl halides is 1. The molecule has 0 aromatic carbocycles. The number of nitrogens with one attached hydrogen (secondary N) is 1. The fourth-order valence-electron chi connectivity index (χ4n) is 1.25. The Balaban J connectivity index is 2.27. The van der Waals surface area contributed by atoms with Crippen molar-refractivity contribution in [1.29, 1.82) is 0 Å². The smallest absolute Gasteiger partial charge is 0.0912 e. The van der Waals surface area contributed by atoms with Gasteiger partial charge in [-0.3, -0.25) is 9.07 Å². The van der Waals surface area contributed by atoms with Gasteiger partial charge in [0.25, 0.3) is 0 Å². The summed E-state index contributed by atoms with van der Waals surface area (Å²) in [4.78, 5) is 0. The molecule has 0 radical (unpaired) electrons. The van der Waals surface area contributed by atoms with Gasteiger partial charge in [-0.15, -0.1) is 0 Å². The second-order valence-electron chi connectivity index (χ2n) is 3.33. The Morgan fingerprint density at radius 3 is 3.14 bits per heavy atom. The first-order valence-electron chi connectivity index (χ1n) is 5.15. The van der Waals surface area contributed by atoms with Crippen molar-refractivity contribution in [2.45, 2.75) is 32.9 Å². The van der Waals surface area contributed by atoms with E-state index >= 15 is 0 Å². The van der Waals surface area contributed by atoms with E-state index < -0.39 is 0 Å². The lowest BCUT2D eigenvalue weighted by atomic mass is 10.3. The van der Waals surface area contributed by atoms with Gasteiger partial charge in [-0.05, 0) is 19.4 Å². The van der Waals surface area contributed by atoms with Crippen molar-refractivity contribution >= 4 is 0 Å². The van der Waals surface area contributed by atoms with Crippen LogP contribution in [0.15, 0.2) is 12.4 Å². The fraction of sp³-hybridized carbons (Fsp3) is 0.700. The third-order valence-corrected chi connectivity index (χ3v) is 1.96. The molecule has 14 heavy (non-hydrogen) atoms. The van der Waals surface area contributed by atoms with Gasteiger partial charge in [0.1, 0.15) is 0 Å². The van der Waals surface area contributed by atoms with E-state index in [1.807, 2.05) is 12.4 Å². The van der Waals surface area contributed by atoms with Crippen LogP contribution in [0.3, 0.4) is 0 Å². The van der Waals surface area contributed by atoms with Gasteiger partial charge in [-0.2, -0.15) is 5.10 Å². The van der Waals surface area contributed by atoms with E-state index in [9.17, 15) is 4.39 Å².